The fourth-order valence-electron chi connectivity index (χ4n) is 12.4. The fraction of sp³-hybridized carbons (Fsp3) is 0.889. The van der Waals surface area contributed by atoms with Crippen molar-refractivity contribution >= 4 is 23.6 Å². The average Bonchev–Trinajstić information content (AvgIpc) is 2.97. The van der Waals surface area contributed by atoms with Crippen molar-refractivity contribution in [3.8, 4) is 0 Å². The smallest absolute Gasteiger partial charge is 0.226 e. The van der Waals surface area contributed by atoms with Crippen LogP contribution >= 0.6 is 0 Å². The van der Waals surface area contributed by atoms with Crippen LogP contribution in [0.15, 0.2) is 0 Å². The summed E-state index contributed by atoms with van der Waals surface area (Å²) in [7, 11) is 0. The highest BCUT2D eigenvalue weighted by atomic mass is 16.2. The number of amides is 4. The number of rotatable bonds is 0. The van der Waals surface area contributed by atoms with Crippen LogP contribution in [0.2, 0.25) is 0 Å². The molecule has 1 aliphatic heterocycles. The summed E-state index contributed by atoms with van der Waals surface area (Å²) >= 11 is 0. The van der Waals surface area contributed by atoms with E-state index in [4.69, 9.17) is 0 Å². The van der Waals surface area contributed by atoms with Crippen LogP contribution in [0.3, 0.4) is 0 Å². The quantitative estimate of drug-likeness (QED) is 0.317. The zero-order valence-corrected chi connectivity index (χ0v) is 26.9. The molecule has 44 heavy (non-hydrogen) atoms. The molecule has 9 fully saturated rings. The van der Waals surface area contributed by atoms with Gasteiger partial charge in [-0.1, -0.05) is 25.7 Å². The van der Waals surface area contributed by atoms with Crippen molar-refractivity contribution in [1.29, 1.82) is 0 Å². The third kappa shape index (κ3) is 5.59. The van der Waals surface area contributed by atoms with Crippen LogP contribution in [-0.4, -0.2) is 49.8 Å². The predicted molar refractivity (Wildman–Crippen MR) is 168 cm³/mol. The van der Waals surface area contributed by atoms with Crippen molar-refractivity contribution in [2.75, 3.05) is 26.2 Å². The number of carbonyl (C=O) groups excluding carboxylic acids is 4. The highest BCUT2D eigenvalue weighted by Crippen LogP contribution is 2.66. The van der Waals surface area contributed by atoms with Gasteiger partial charge in [0, 0.05) is 26.2 Å². The molecule has 0 unspecified atom stereocenters. The van der Waals surface area contributed by atoms with E-state index in [1.807, 2.05) is 0 Å². The second kappa shape index (κ2) is 11.9. The first-order valence-electron chi connectivity index (χ1n) is 18.4. The highest BCUT2D eigenvalue weighted by Gasteiger charge is 2.64. The molecule has 8 aliphatic carbocycles. The van der Waals surface area contributed by atoms with E-state index < -0.39 is 0 Å². The van der Waals surface area contributed by atoms with Crippen LogP contribution in [0.25, 0.3) is 0 Å². The lowest BCUT2D eigenvalue weighted by atomic mass is 9.43. The lowest BCUT2D eigenvalue weighted by Gasteiger charge is -2.60. The average molecular weight is 609 g/mol. The lowest BCUT2D eigenvalue weighted by molar-refractivity contribution is -0.168. The molecule has 8 heteroatoms. The number of carbonyl (C=O) groups is 4. The number of nitrogens with one attached hydrogen (secondary N) is 4. The molecule has 0 radical (unpaired) electrons. The molecule has 8 bridgehead atoms. The van der Waals surface area contributed by atoms with E-state index in [0.717, 1.165) is 103 Å². The molecule has 0 aromatic carbocycles. The summed E-state index contributed by atoms with van der Waals surface area (Å²) in [5.41, 5.74) is -1.46. The third-order valence-electron chi connectivity index (χ3n) is 13.4. The summed E-state index contributed by atoms with van der Waals surface area (Å²) in [5, 5.41) is 13.2. The second-order valence-electron chi connectivity index (χ2n) is 16.9. The molecule has 4 N–H and O–H groups in total. The van der Waals surface area contributed by atoms with Crippen LogP contribution in [0.5, 0.6) is 0 Å². The van der Waals surface area contributed by atoms with Gasteiger partial charge in [0.1, 0.15) is 0 Å². The Labute approximate surface area is 263 Å². The summed E-state index contributed by atoms with van der Waals surface area (Å²) in [6, 6.07) is 0. The van der Waals surface area contributed by atoms with Gasteiger partial charge in [-0.25, -0.2) is 0 Å². The van der Waals surface area contributed by atoms with Crippen LogP contribution < -0.4 is 21.3 Å². The van der Waals surface area contributed by atoms with Crippen molar-refractivity contribution in [2.45, 2.75) is 128 Å². The molecule has 8 nitrogen and oxygen atoms in total. The van der Waals surface area contributed by atoms with Crippen LogP contribution in [-0.2, 0) is 19.2 Å². The summed E-state index contributed by atoms with van der Waals surface area (Å²) in [6.45, 7) is 2.77. The van der Waals surface area contributed by atoms with Gasteiger partial charge in [-0.2, -0.15) is 0 Å². The molecule has 1 saturated heterocycles. The van der Waals surface area contributed by atoms with E-state index in [0.29, 0.717) is 62.7 Å². The predicted octanol–water partition coefficient (Wildman–Crippen LogP) is 4.76. The summed E-state index contributed by atoms with van der Waals surface area (Å²) in [4.78, 5) is 54.5. The van der Waals surface area contributed by atoms with Crippen molar-refractivity contribution < 1.29 is 19.2 Å². The maximum absolute atomic E-state index is 13.6. The molecule has 0 aromatic rings. The summed E-state index contributed by atoms with van der Waals surface area (Å²) in [5.74, 6) is 2.75. The van der Waals surface area contributed by atoms with Crippen molar-refractivity contribution in [2.24, 2.45) is 45.3 Å². The maximum Gasteiger partial charge on any atom is 0.226 e. The van der Waals surface area contributed by atoms with E-state index >= 15 is 0 Å². The molecule has 1 heterocycles. The molecular weight excluding hydrogens is 552 g/mol. The molecule has 0 aromatic heterocycles. The highest BCUT2D eigenvalue weighted by molar-refractivity contribution is 5.89. The second-order valence-corrected chi connectivity index (χ2v) is 16.9. The Morgan fingerprint density at radius 3 is 0.818 bits per heavy atom. The fourth-order valence-corrected chi connectivity index (χ4v) is 12.4. The Morgan fingerprint density at radius 2 is 0.591 bits per heavy atom. The first-order valence-corrected chi connectivity index (χ1v) is 18.4. The Balaban J connectivity index is 0.985. The zero-order valence-electron chi connectivity index (χ0n) is 26.9. The maximum atomic E-state index is 13.6. The van der Waals surface area contributed by atoms with E-state index in [2.05, 4.69) is 21.3 Å². The van der Waals surface area contributed by atoms with Gasteiger partial charge >= 0.3 is 0 Å². The van der Waals surface area contributed by atoms with Crippen molar-refractivity contribution in [3.05, 3.63) is 0 Å². The Hall–Kier alpha value is -2.12. The van der Waals surface area contributed by atoms with Crippen LogP contribution in [0, 0.1) is 45.3 Å². The topological polar surface area (TPSA) is 116 Å². The molecule has 8 saturated carbocycles. The van der Waals surface area contributed by atoms with Gasteiger partial charge in [0.2, 0.25) is 23.6 Å². The van der Waals surface area contributed by atoms with Crippen molar-refractivity contribution in [1.82, 2.24) is 21.3 Å². The number of hydrogen-bond donors (Lipinski definition) is 4. The van der Waals surface area contributed by atoms with Gasteiger partial charge in [0.25, 0.3) is 0 Å². The molecule has 244 valence electrons. The largest absolute Gasteiger partial charge is 0.356 e. The molecule has 4 amide bonds. The normalized spacial score (nSPS) is 45.3. The van der Waals surface area contributed by atoms with Gasteiger partial charge in [0.05, 0.1) is 21.7 Å². The lowest BCUT2D eigenvalue weighted by Crippen LogP contribution is -2.61. The van der Waals surface area contributed by atoms with Crippen LogP contribution in [0.4, 0.5) is 0 Å². The van der Waals surface area contributed by atoms with E-state index in [1.165, 1.54) is 12.8 Å². The Kier molecular flexibility index (Phi) is 8.26. The standard InChI is InChI=1S/C36H56N4O4/c41-29-33-15-25-13-26(16-33)20-35(19-25,23-33)31(43)39-11-7-3-4-8-12-40-32(44)36-21-27-14-28(22-36)18-34(17-27,24-36)30(42)38-10-6-2-1-5-9-37-29/h25-28H,1-24H2,(H,37,41)(H,38,42)(H,39,43)(H,40,44). The van der Waals surface area contributed by atoms with Gasteiger partial charge in [0.15, 0.2) is 0 Å². The molecular formula is C36H56N4O4. The van der Waals surface area contributed by atoms with Gasteiger partial charge in [-0.3, -0.25) is 19.2 Å². The summed E-state index contributed by atoms with van der Waals surface area (Å²) in [6.07, 6.45) is 19.3. The van der Waals surface area contributed by atoms with Crippen LogP contribution in [0.1, 0.15) is 128 Å². The van der Waals surface area contributed by atoms with Gasteiger partial charge < -0.3 is 21.3 Å². The Bertz CT molecular complexity index is 955. The Morgan fingerprint density at radius 1 is 0.364 bits per heavy atom. The van der Waals surface area contributed by atoms with E-state index in [1.54, 1.807) is 0 Å². The first kappa shape index (κ1) is 30.5. The molecule has 9 aliphatic rings. The van der Waals surface area contributed by atoms with E-state index in [-0.39, 0.29) is 45.3 Å². The molecule has 9 rings (SSSR count). The SMILES string of the molecule is O=C1NCCCCCCNC(=O)C23CC4CC(C2)CC(C4)(C3)C(=O)NCCCCCCNC(=O)C23CC4CC(CC1(C4)C2)C3. The number of hydrogen-bond acceptors (Lipinski definition) is 4. The van der Waals surface area contributed by atoms with E-state index in [9.17, 15) is 19.2 Å². The minimum absolute atomic E-state index is 0.193. The first-order chi connectivity index (χ1) is 21.2. The minimum Gasteiger partial charge on any atom is -0.356 e. The molecule has 0 atom stereocenters. The minimum atomic E-state index is -0.364. The molecule has 4 spiro atoms. The zero-order chi connectivity index (χ0) is 30.4. The van der Waals surface area contributed by atoms with Gasteiger partial charge in [-0.05, 0) is 126 Å². The van der Waals surface area contributed by atoms with Gasteiger partial charge in [-0.15, -0.1) is 0 Å². The third-order valence-corrected chi connectivity index (χ3v) is 13.4. The van der Waals surface area contributed by atoms with Crippen molar-refractivity contribution in [3.63, 3.8) is 0 Å². The monoisotopic (exact) mass is 608 g/mol. The summed E-state index contributed by atoms with van der Waals surface area (Å²) < 4.78 is 0.